The van der Waals surface area contributed by atoms with E-state index in [1.54, 1.807) is 16.0 Å². The van der Waals surface area contributed by atoms with E-state index in [0.29, 0.717) is 31.7 Å². The van der Waals surface area contributed by atoms with Gasteiger partial charge in [0.15, 0.2) is 0 Å². The number of H-pyrrole nitrogens is 1. The van der Waals surface area contributed by atoms with Crippen LogP contribution in [-0.2, 0) is 11.2 Å². The highest BCUT2D eigenvalue weighted by Crippen LogP contribution is 2.20. The number of carboxylic acids is 1. The number of para-hydroxylation sites is 1. The maximum atomic E-state index is 12.9. The van der Waals surface area contributed by atoms with E-state index >= 15 is 0 Å². The zero-order valence-electron chi connectivity index (χ0n) is 17.0. The second-order valence-electron chi connectivity index (χ2n) is 7.56. The molecule has 31 heavy (non-hydrogen) atoms. The number of hydrogen-bond donors (Lipinski definition) is 3. The van der Waals surface area contributed by atoms with Gasteiger partial charge >= 0.3 is 12.0 Å². The Morgan fingerprint density at radius 2 is 1.58 bits per heavy atom. The lowest BCUT2D eigenvalue weighted by atomic mass is 10.1. The van der Waals surface area contributed by atoms with Crippen molar-refractivity contribution in [1.29, 1.82) is 0 Å². The maximum Gasteiger partial charge on any atom is 0.326 e. The number of benzene rings is 2. The Labute approximate surface area is 179 Å². The molecule has 1 saturated heterocycles. The maximum absolute atomic E-state index is 12.9. The minimum atomic E-state index is -1.08. The Morgan fingerprint density at radius 1 is 0.935 bits per heavy atom. The van der Waals surface area contributed by atoms with E-state index in [2.05, 4.69) is 10.3 Å². The molecule has 8 heteroatoms. The van der Waals surface area contributed by atoms with E-state index in [4.69, 9.17) is 0 Å². The first-order valence-corrected chi connectivity index (χ1v) is 10.2. The first-order valence-electron chi connectivity index (χ1n) is 10.2. The summed E-state index contributed by atoms with van der Waals surface area (Å²) in [5, 5.41) is 13.0. The van der Waals surface area contributed by atoms with Crippen LogP contribution in [0.25, 0.3) is 10.9 Å². The molecular formula is C23H24N4O4. The Morgan fingerprint density at radius 3 is 2.29 bits per heavy atom. The molecule has 0 saturated carbocycles. The molecule has 3 N–H and O–H groups in total. The van der Waals surface area contributed by atoms with E-state index < -0.39 is 18.0 Å². The summed E-state index contributed by atoms with van der Waals surface area (Å²) in [4.78, 5) is 43.6. The molecule has 1 fully saturated rings. The predicted octanol–water partition coefficient (Wildman–Crippen LogP) is 2.33. The topological polar surface area (TPSA) is 106 Å². The number of carbonyl (C=O) groups excluding carboxylic acids is 2. The van der Waals surface area contributed by atoms with E-state index in [9.17, 15) is 19.5 Å². The number of hydrogen-bond acceptors (Lipinski definition) is 3. The van der Waals surface area contributed by atoms with Crippen LogP contribution in [0.15, 0.2) is 60.8 Å². The Kier molecular flexibility index (Phi) is 5.88. The molecule has 160 valence electrons. The highest BCUT2D eigenvalue weighted by atomic mass is 16.4. The molecule has 4 rings (SSSR count). The molecule has 0 aliphatic carbocycles. The number of aromatic nitrogens is 1. The molecule has 2 aromatic carbocycles. The molecule has 2 heterocycles. The van der Waals surface area contributed by atoms with Crippen molar-refractivity contribution < 1.29 is 19.5 Å². The molecule has 1 aromatic heterocycles. The molecule has 8 nitrogen and oxygen atoms in total. The quantitative estimate of drug-likeness (QED) is 0.589. The second kappa shape index (κ2) is 8.91. The van der Waals surface area contributed by atoms with Crippen LogP contribution in [0.5, 0.6) is 0 Å². The van der Waals surface area contributed by atoms with Gasteiger partial charge in [0.1, 0.15) is 6.04 Å². The minimum absolute atomic E-state index is 0.0787. The van der Waals surface area contributed by atoms with Gasteiger partial charge in [-0.05, 0) is 11.6 Å². The van der Waals surface area contributed by atoms with Gasteiger partial charge in [-0.15, -0.1) is 0 Å². The van der Waals surface area contributed by atoms with Crippen LogP contribution in [0, 0.1) is 0 Å². The lowest BCUT2D eigenvalue weighted by molar-refractivity contribution is -0.139. The first-order chi connectivity index (χ1) is 15.0. The van der Waals surface area contributed by atoms with Crippen LogP contribution in [0.3, 0.4) is 0 Å². The van der Waals surface area contributed by atoms with E-state index in [-0.39, 0.29) is 12.3 Å². The smallest absolute Gasteiger partial charge is 0.326 e. The Bertz CT molecular complexity index is 1090. The van der Waals surface area contributed by atoms with Crippen molar-refractivity contribution in [2.24, 2.45) is 0 Å². The lowest BCUT2D eigenvalue weighted by Crippen LogP contribution is -2.55. The summed E-state index contributed by atoms with van der Waals surface area (Å²) in [6.07, 6.45) is 1.92. The predicted molar refractivity (Wildman–Crippen MR) is 116 cm³/mol. The van der Waals surface area contributed by atoms with Gasteiger partial charge in [-0.1, -0.05) is 48.5 Å². The number of nitrogens with zero attached hydrogens (tertiary/aromatic N) is 2. The highest BCUT2D eigenvalue weighted by molar-refractivity contribution is 6.06. The van der Waals surface area contributed by atoms with E-state index in [1.807, 2.05) is 54.6 Å². The van der Waals surface area contributed by atoms with Gasteiger partial charge < -0.3 is 25.2 Å². The van der Waals surface area contributed by atoms with Gasteiger partial charge in [0.25, 0.3) is 5.91 Å². The third kappa shape index (κ3) is 4.53. The van der Waals surface area contributed by atoms with Gasteiger partial charge in [-0.25, -0.2) is 9.59 Å². The standard InChI is InChI=1S/C23H24N4O4/c28-21(18-15-24-19-9-5-4-8-17(18)19)26-10-12-27(13-11-26)23(31)25-20(22(29)30)14-16-6-2-1-3-7-16/h1-9,15,20,24H,10-14H2,(H,25,31)(H,29,30). The average molecular weight is 420 g/mol. The second-order valence-corrected chi connectivity index (χ2v) is 7.56. The number of aromatic amines is 1. The van der Waals surface area contributed by atoms with Crippen molar-refractivity contribution in [3.05, 3.63) is 71.9 Å². The SMILES string of the molecule is O=C(O)C(Cc1ccccc1)NC(=O)N1CCN(C(=O)c2c[nH]c3ccccc23)CC1. The molecule has 3 amide bonds. The zero-order valence-corrected chi connectivity index (χ0v) is 17.0. The third-order valence-electron chi connectivity index (χ3n) is 5.55. The van der Waals surface area contributed by atoms with E-state index in [1.165, 1.54) is 0 Å². The number of aliphatic carboxylic acids is 1. The van der Waals surface area contributed by atoms with Crippen LogP contribution in [0.4, 0.5) is 4.79 Å². The molecule has 3 aromatic rings. The van der Waals surface area contributed by atoms with Crippen molar-refractivity contribution in [3.63, 3.8) is 0 Å². The Hall–Kier alpha value is -3.81. The summed E-state index contributed by atoms with van der Waals surface area (Å²) >= 11 is 0. The largest absolute Gasteiger partial charge is 0.480 e. The summed E-state index contributed by atoms with van der Waals surface area (Å²) < 4.78 is 0. The zero-order chi connectivity index (χ0) is 21.8. The van der Waals surface area contributed by atoms with Gasteiger partial charge in [-0.2, -0.15) is 0 Å². The number of carbonyl (C=O) groups is 3. The summed E-state index contributed by atoms with van der Waals surface area (Å²) in [5.74, 6) is -1.16. The third-order valence-corrected chi connectivity index (χ3v) is 5.55. The molecule has 1 atom stereocenters. The monoisotopic (exact) mass is 420 g/mol. The molecule has 1 aliphatic heterocycles. The van der Waals surface area contributed by atoms with Crippen LogP contribution in [0.1, 0.15) is 15.9 Å². The van der Waals surface area contributed by atoms with Crippen LogP contribution in [0.2, 0.25) is 0 Å². The number of nitrogens with one attached hydrogen (secondary N) is 2. The van der Waals surface area contributed by atoms with Gasteiger partial charge in [0, 0.05) is 49.7 Å². The Balaban J connectivity index is 1.35. The molecule has 0 spiro atoms. The van der Waals surface area contributed by atoms with Gasteiger partial charge in [0.05, 0.1) is 5.56 Å². The number of piperazine rings is 1. The number of rotatable bonds is 5. The fourth-order valence-electron chi connectivity index (χ4n) is 3.82. The summed E-state index contributed by atoms with van der Waals surface area (Å²) in [5.41, 5.74) is 2.36. The fourth-order valence-corrected chi connectivity index (χ4v) is 3.82. The normalized spacial score (nSPS) is 15.0. The highest BCUT2D eigenvalue weighted by Gasteiger charge is 2.28. The van der Waals surface area contributed by atoms with Crippen LogP contribution < -0.4 is 5.32 Å². The molecular weight excluding hydrogens is 396 g/mol. The van der Waals surface area contributed by atoms with Crippen molar-refractivity contribution in [1.82, 2.24) is 20.1 Å². The van der Waals surface area contributed by atoms with Crippen molar-refractivity contribution in [3.8, 4) is 0 Å². The number of urea groups is 1. The first kappa shape index (κ1) is 20.5. The number of amides is 3. The summed E-state index contributed by atoms with van der Waals surface area (Å²) in [7, 11) is 0. The number of carboxylic acid groups (broad SMARTS) is 1. The van der Waals surface area contributed by atoms with Crippen molar-refractivity contribution in [2.45, 2.75) is 12.5 Å². The average Bonchev–Trinajstić information content (AvgIpc) is 3.23. The lowest BCUT2D eigenvalue weighted by Gasteiger charge is -2.35. The molecule has 0 radical (unpaired) electrons. The van der Waals surface area contributed by atoms with Crippen molar-refractivity contribution >= 4 is 28.8 Å². The van der Waals surface area contributed by atoms with Crippen LogP contribution >= 0.6 is 0 Å². The molecule has 1 unspecified atom stereocenters. The summed E-state index contributed by atoms with van der Waals surface area (Å²) in [6.45, 7) is 1.47. The minimum Gasteiger partial charge on any atom is -0.480 e. The molecule has 1 aliphatic rings. The van der Waals surface area contributed by atoms with Gasteiger partial charge in [-0.3, -0.25) is 4.79 Å². The molecule has 0 bridgehead atoms. The van der Waals surface area contributed by atoms with Gasteiger partial charge in [0.2, 0.25) is 0 Å². The van der Waals surface area contributed by atoms with E-state index in [0.717, 1.165) is 16.5 Å². The summed E-state index contributed by atoms with van der Waals surface area (Å²) in [6, 6.07) is 15.4. The van der Waals surface area contributed by atoms with Crippen LogP contribution in [-0.4, -0.2) is 70.0 Å². The fraction of sp³-hybridized carbons (Fsp3) is 0.261. The van der Waals surface area contributed by atoms with Crippen molar-refractivity contribution in [2.75, 3.05) is 26.2 Å². The number of fused-ring (bicyclic) bond motifs is 1.